The lowest BCUT2D eigenvalue weighted by Crippen LogP contribution is -2.44. The molecule has 0 aromatic heterocycles. The third kappa shape index (κ3) is 3.99. The van der Waals surface area contributed by atoms with Crippen LogP contribution in [0.4, 0.5) is 5.69 Å². The highest BCUT2D eigenvalue weighted by Gasteiger charge is 2.31. The average molecular weight is 375 g/mol. The molecule has 0 spiro atoms. The highest BCUT2D eigenvalue weighted by Crippen LogP contribution is 2.32. The molecule has 0 amide bonds. The molecule has 21 heavy (non-hydrogen) atoms. The van der Waals surface area contributed by atoms with Gasteiger partial charge in [-0.1, -0.05) is 42.6 Å². The van der Waals surface area contributed by atoms with Crippen LogP contribution in [0.3, 0.4) is 0 Å². The quantitative estimate of drug-likeness (QED) is 0.791. The van der Waals surface area contributed by atoms with E-state index in [0.717, 1.165) is 19.3 Å². The number of anilines is 1. The normalized spacial score (nSPS) is 23.4. The summed E-state index contributed by atoms with van der Waals surface area (Å²) in [4.78, 5) is 0.157. The first-order valence-electron chi connectivity index (χ1n) is 7.38. The van der Waals surface area contributed by atoms with Crippen LogP contribution < -0.4 is 10.5 Å². The number of hydrogen-bond donors (Lipinski definition) is 2. The Hall–Kier alpha value is -0.590. The topological polar surface area (TPSA) is 72.2 Å². The van der Waals surface area contributed by atoms with Crippen LogP contribution in [0, 0.1) is 11.8 Å². The second kappa shape index (κ2) is 6.67. The number of nitrogens with one attached hydrogen (secondary N) is 1. The van der Waals surface area contributed by atoms with Crippen molar-refractivity contribution < 1.29 is 8.42 Å². The van der Waals surface area contributed by atoms with Crippen molar-refractivity contribution in [3.63, 3.8) is 0 Å². The monoisotopic (exact) mass is 374 g/mol. The number of sulfonamides is 1. The lowest BCUT2D eigenvalue weighted by atomic mass is 9.78. The summed E-state index contributed by atoms with van der Waals surface area (Å²) in [6.45, 7) is 4.31. The van der Waals surface area contributed by atoms with Gasteiger partial charge in [0, 0.05) is 10.5 Å². The van der Waals surface area contributed by atoms with Crippen molar-refractivity contribution in [2.24, 2.45) is 11.8 Å². The number of hydrogen-bond acceptors (Lipinski definition) is 3. The molecule has 2 atom stereocenters. The predicted octanol–water partition coefficient (Wildman–Crippen LogP) is 3.52. The van der Waals surface area contributed by atoms with Crippen molar-refractivity contribution in [1.82, 2.24) is 4.72 Å². The molecule has 0 heterocycles. The van der Waals surface area contributed by atoms with Crippen LogP contribution in [0.15, 0.2) is 27.6 Å². The summed E-state index contributed by atoms with van der Waals surface area (Å²) in [5.74, 6) is 0.861. The minimum absolute atomic E-state index is 0.00197. The molecule has 1 aliphatic carbocycles. The molecule has 0 bridgehead atoms. The van der Waals surface area contributed by atoms with E-state index >= 15 is 0 Å². The van der Waals surface area contributed by atoms with Crippen LogP contribution in [-0.2, 0) is 10.0 Å². The Balaban J connectivity index is 2.25. The fourth-order valence-corrected chi connectivity index (χ4v) is 5.10. The first kappa shape index (κ1) is 16.8. The number of halogens is 1. The number of rotatable bonds is 4. The number of nitrogen functional groups attached to an aromatic ring is 1. The lowest BCUT2D eigenvalue weighted by Gasteiger charge is -2.34. The van der Waals surface area contributed by atoms with Gasteiger partial charge in [0.15, 0.2) is 0 Å². The molecular formula is C15H23BrN2O2S. The van der Waals surface area contributed by atoms with Crippen LogP contribution in [0.25, 0.3) is 0 Å². The van der Waals surface area contributed by atoms with Gasteiger partial charge in [0.1, 0.15) is 4.90 Å². The van der Waals surface area contributed by atoms with E-state index in [4.69, 9.17) is 5.73 Å². The molecule has 0 aliphatic heterocycles. The van der Waals surface area contributed by atoms with Crippen molar-refractivity contribution in [1.29, 1.82) is 0 Å². The van der Waals surface area contributed by atoms with Gasteiger partial charge in [-0.05, 0) is 42.9 Å². The highest BCUT2D eigenvalue weighted by molar-refractivity contribution is 9.10. The zero-order valence-electron chi connectivity index (χ0n) is 12.5. The molecule has 0 saturated heterocycles. The Bertz CT molecular complexity index is 602. The van der Waals surface area contributed by atoms with Gasteiger partial charge >= 0.3 is 0 Å². The zero-order valence-corrected chi connectivity index (χ0v) is 14.9. The van der Waals surface area contributed by atoms with Gasteiger partial charge in [-0.15, -0.1) is 0 Å². The molecule has 1 aromatic carbocycles. The second-order valence-electron chi connectivity index (χ2n) is 6.10. The zero-order chi connectivity index (χ0) is 15.6. The molecule has 0 radical (unpaired) electrons. The predicted molar refractivity (Wildman–Crippen MR) is 89.5 cm³/mol. The fraction of sp³-hybridized carbons (Fsp3) is 0.600. The summed E-state index contributed by atoms with van der Waals surface area (Å²) in [5, 5.41) is 0. The van der Waals surface area contributed by atoms with Crippen molar-refractivity contribution in [2.45, 2.75) is 50.5 Å². The van der Waals surface area contributed by atoms with Gasteiger partial charge in [-0.3, -0.25) is 0 Å². The third-order valence-electron chi connectivity index (χ3n) is 4.25. The standard InChI is InChI=1S/C15H23BrN2O2S/c1-10(2)12-5-3-4-6-14(12)18-21(19,20)15-9-11(16)7-8-13(15)17/h7-10,12,14,18H,3-6,17H2,1-2H3. The second-order valence-corrected chi connectivity index (χ2v) is 8.70. The Morgan fingerprint density at radius 1 is 1.29 bits per heavy atom. The maximum Gasteiger partial charge on any atom is 0.242 e. The van der Waals surface area contributed by atoms with Crippen LogP contribution in [-0.4, -0.2) is 14.5 Å². The number of nitrogens with two attached hydrogens (primary N) is 1. The van der Waals surface area contributed by atoms with Gasteiger partial charge in [0.25, 0.3) is 0 Å². The Morgan fingerprint density at radius 2 is 1.95 bits per heavy atom. The molecule has 1 aliphatic rings. The first-order chi connectivity index (χ1) is 9.81. The average Bonchev–Trinajstić information content (AvgIpc) is 2.41. The summed E-state index contributed by atoms with van der Waals surface area (Å²) in [6, 6.07) is 4.91. The van der Waals surface area contributed by atoms with E-state index in [2.05, 4.69) is 34.5 Å². The lowest BCUT2D eigenvalue weighted by molar-refractivity contribution is 0.226. The van der Waals surface area contributed by atoms with Gasteiger partial charge < -0.3 is 5.73 Å². The number of benzene rings is 1. The van der Waals surface area contributed by atoms with Crippen molar-refractivity contribution in [3.8, 4) is 0 Å². The van der Waals surface area contributed by atoms with Crippen LogP contribution in [0.1, 0.15) is 39.5 Å². The Kier molecular flexibility index (Phi) is 5.33. The SMILES string of the molecule is CC(C)C1CCCCC1NS(=O)(=O)c1cc(Br)ccc1N. The van der Waals surface area contributed by atoms with E-state index in [1.54, 1.807) is 18.2 Å². The molecule has 2 unspecified atom stereocenters. The van der Waals surface area contributed by atoms with E-state index in [9.17, 15) is 8.42 Å². The molecule has 1 aromatic rings. The first-order valence-corrected chi connectivity index (χ1v) is 9.66. The van der Waals surface area contributed by atoms with Crippen LogP contribution in [0.2, 0.25) is 0 Å². The summed E-state index contributed by atoms with van der Waals surface area (Å²) < 4.78 is 28.9. The summed E-state index contributed by atoms with van der Waals surface area (Å²) >= 11 is 3.30. The van der Waals surface area contributed by atoms with Gasteiger partial charge in [-0.25, -0.2) is 13.1 Å². The fourth-order valence-electron chi connectivity index (χ4n) is 3.11. The highest BCUT2D eigenvalue weighted by atomic mass is 79.9. The maximum atomic E-state index is 12.6. The van der Waals surface area contributed by atoms with E-state index in [0.29, 0.717) is 16.3 Å². The van der Waals surface area contributed by atoms with Gasteiger partial charge in [0.05, 0.1) is 5.69 Å². The van der Waals surface area contributed by atoms with Crippen LogP contribution >= 0.6 is 15.9 Å². The molecule has 2 rings (SSSR count). The van der Waals surface area contributed by atoms with Crippen molar-refractivity contribution in [3.05, 3.63) is 22.7 Å². The van der Waals surface area contributed by atoms with Gasteiger partial charge in [-0.2, -0.15) is 0 Å². The largest absolute Gasteiger partial charge is 0.398 e. The van der Waals surface area contributed by atoms with Crippen molar-refractivity contribution in [2.75, 3.05) is 5.73 Å². The van der Waals surface area contributed by atoms with Crippen molar-refractivity contribution >= 4 is 31.6 Å². The van der Waals surface area contributed by atoms with Crippen LogP contribution in [0.5, 0.6) is 0 Å². The molecule has 6 heteroatoms. The Labute approximate surface area is 135 Å². The van der Waals surface area contributed by atoms with E-state index in [1.165, 1.54) is 6.42 Å². The molecular weight excluding hydrogens is 352 g/mol. The van der Waals surface area contributed by atoms with E-state index in [-0.39, 0.29) is 16.6 Å². The molecule has 3 N–H and O–H groups in total. The summed E-state index contributed by atoms with van der Waals surface area (Å²) in [5.41, 5.74) is 6.12. The minimum atomic E-state index is -3.58. The molecule has 118 valence electrons. The van der Waals surface area contributed by atoms with E-state index in [1.807, 2.05) is 0 Å². The smallest absolute Gasteiger partial charge is 0.242 e. The summed E-state index contributed by atoms with van der Waals surface area (Å²) in [6.07, 6.45) is 4.24. The molecule has 4 nitrogen and oxygen atoms in total. The minimum Gasteiger partial charge on any atom is -0.398 e. The molecule has 1 fully saturated rings. The Morgan fingerprint density at radius 3 is 2.62 bits per heavy atom. The summed E-state index contributed by atoms with van der Waals surface area (Å²) in [7, 11) is -3.58. The maximum absolute atomic E-state index is 12.6. The third-order valence-corrected chi connectivity index (χ3v) is 6.29. The molecule has 1 saturated carbocycles. The van der Waals surface area contributed by atoms with E-state index < -0.39 is 10.0 Å². The van der Waals surface area contributed by atoms with Gasteiger partial charge in [0.2, 0.25) is 10.0 Å².